The number of nitrogens with zero attached hydrogens (tertiary/aromatic N) is 5. The maximum atomic E-state index is 4.68. The summed E-state index contributed by atoms with van der Waals surface area (Å²) < 4.78 is 2.15. The molecule has 0 aliphatic heterocycles. The molecular formula is C19H23N5S. The van der Waals surface area contributed by atoms with Crippen LogP contribution in [-0.4, -0.2) is 24.7 Å². The van der Waals surface area contributed by atoms with Gasteiger partial charge in [-0.25, -0.2) is 9.97 Å². The van der Waals surface area contributed by atoms with Gasteiger partial charge in [0.1, 0.15) is 16.7 Å². The first-order chi connectivity index (χ1) is 12.0. The van der Waals surface area contributed by atoms with Gasteiger partial charge in [-0.1, -0.05) is 51.1 Å². The summed E-state index contributed by atoms with van der Waals surface area (Å²) in [4.78, 5) is 9.07. The highest BCUT2D eigenvalue weighted by Crippen LogP contribution is 2.27. The fourth-order valence-electron chi connectivity index (χ4n) is 2.48. The molecule has 0 saturated carbocycles. The molecule has 6 heteroatoms. The zero-order chi connectivity index (χ0) is 17.9. The lowest BCUT2D eigenvalue weighted by Gasteiger charge is -2.16. The van der Waals surface area contributed by atoms with E-state index in [2.05, 4.69) is 64.6 Å². The summed E-state index contributed by atoms with van der Waals surface area (Å²) in [5, 5.41) is 10.5. The number of hydrogen-bond donors (Lipinski definition) is 0. The molecule has 0 unspecified atom stereocenters. The van der Waals surface area contributed by atoms with Crippen LogP contribution in [-0.2, 0) is 18.4 Å². The Hall–Kier alpha value is -2.21. The minimum atomic E-state index is -0.0759. The van der Waals surface area contributed by atoms with Gasteiger partial charge in [0.05, 0.1) is 0 Å². The molecule has 0 fully saturated rings. The van der Waals surface area contributed by atoms with Gasteiger partial charge in [-0.3, -0.25) is 0 Å². The van der Waals surface area contributed by atoms with Crippen LogP contribution < -0.4 is 0 Å². The van der Waals surface area contributed by atoms with Gasteiger partial charge in [0, 0.05) is 24.6 Å². The summed E-state index contributed by atoms with van der Waals surface area (Å²) in [5.74, 6) is 1.81. The summed E-state index contributed by atoms with van der Waals surface area (Å²) in [7, 11) is 0. The van der Waals surface area contributed by atoms with Crippen LogP contribution in [0.25, 0.3) is 0 Å². The maximum Gasteiger partial charge on any atom is 0.197 e. The van der Waals surface area contributed by atoms with Crippen LogP contribution >= 0.6 is 11.8 Å². The van der Waals surface area contributed by atoms with Crippen LogP contribution in [0, 0.1) is 0 Å². The quantitative estimate of drug-likeness (QED) is 0.646. The Morgan fingerprint density at radius 3 is 2.48 bits per heavy atom. The van der Waals surface area contributed by atoms with Gasteiger partial charge in [-0.15, -0.1) is 10.2 Å². The normalized spacial score (nSPS) is 11.7. The third-order valence-corrected chi connectivity index (χ3v) is 4.73. The van der Waals surface area contributed by atoms with Crippen molar-refractivity contribution in [2.24, 2.45) is 0 Å². The molecule has 0 amide bonds. The molecule has 0 aliphatic rings. The first kappa shape index (κ1) is 17.6. The van der Waals surface area contributed by atoms with Crippen molar-refractivity contribution in [1.29, 1.82) is 0 Å². The van der Waals surface area contributed by atoms with E-state index in [4.69, 9.17) is 0 Å². The van der Waals surface area contributed by atoms with Crippen molar-refractivity contribution in [3.05, 3.63) is 59.8 Å². The molecule has 3 rings (SSSR count). The Morgan fingerprint density at radius 2 is 1.80 bits per heavy atom. The van der Waals surface area contributed by atoms with Gasteiger partial charge in [0.2, 0.25) is 0 Å². The predicted octanol–water partition coefficient (Wildman–Crippen LogP) is 4.13. The molecule has 130 valence electrons. The van der Waals surface area contributed by atoms with Crippen molar-refractivity contribution in [3.8, 4) is 0 Å². The second-order valence-corrected chi connectivity index (χ2v) is 7.86. The lowest BCUT2D eigenvalue weighted by atomic mass is 9.96. The zero-order valence-corrected chi connectivity index (χ0v) is 15.9. The summed E-state index contributed by atoms with van der Waals surface area (Å²) in [6, 6.07) is 12.3. The van der Waals surface area contributed by atoms with E-state index in [-0.39, 0.29) is 5.41 Å². The zero-order valence-electron chi connectivity index (χ0n) is 15.1. The van der Waals surface area contributed by atoms with Crippen LogP contribution in [0.4, 0.5) is 0 Å². The SMILES string of the molecule is CCn1c(Cc2ccccc2)nnc1Sc1ccnc(C(C)(C)C)n1. The average molecular weight is 353 g/mol. The molecule has 2 aromatic heterocycles. The first-order valence-electron chi connectivity index (χ1n) is 8.44. The Morgan fingerprint density at radius 1 is 1.04 bits per heavy atom. The third-order valence-electron chi connectivity index (χ3n) is 3.81. The monoisotopic (exact) mass is 353 g/mol. The smallest absolute Gasteiger partial charge is 0.197 e. The molecule has 0 radical (unpaired) electrons. The van der Waals surface area contributed by atoms with Crippen molar-refractivity contribution < 1.29 is 0 Å². The van der Waals surface area contributed by atoms with E-state index in [0.29, 0.717) is 0 Å². The highest BCUT2D eigenvalue weighted by Gasteiger charge is 2.19. The second-order valence-electron chi connectivity index (χ2n) is 6.88. The lowest BCUT2D eigenvalue weighted by molar-refractivity contribution is 0.538. The van der Waals surface area contributed by atoms with E-state index in [1.165, 1.54) is 17.3 Å². The molecule has 0 atom stereocenters. The molecule has 0 bridgehead atoms. The van der Waals surface area contributed by atoms with Crippen molar-refractivity contribution in [1.82, 2.24) is 24.7 Å². The largest absolute Gasteiger partial charge is 0.306 e. The summed E-state index contributed by atoms with van der Waals surface area (Å²) >= 11 is 1.54. The van der Waals surface area contributed by atoms with Gasteiger partial charge in [-0.05, 0) is 30.3 Å². The molecule has 0 saturated heterocycles. The van der Waals surface area contributed by atoms with E-state index in [1.54, 1.807) is 0 Å². The number of rotatable bonds is 5. The first-order valence-corrected chi connectivity index (χ1v) is 9.26. The van der Waals surface area contributed by atoms with Gasteiger partial charge in [0.25, 0.3) is 0 Å². The van der Waals surface area contributed by atoms with E-state index >= 15 is 0 Å². The van der Waals surface area contributed by atoms with E-state index in [0.717, 1.165) is 34.8 Å². The Balaban J connectivity index is 1.84. The summed E-state index contributed by atoms with van der Waals surface area (Å²) in [6.07, 6.45) is 2.59. The van der Waals surface area contributed by atoms with E-state index < -0.39 is 0 Å². The van der Waals surface area contributed by atoms with Crippen LogP contribution in [0.2, 0.25) is 0 Å². The molecule has 0 aliphatic carbocycles. The van der Waals surface area contributed by atoms with Crippen molar-refractivity contribution >= 4 is 11.8 Å². The van der Waals surface area contributed by atoms with Crippen LogP contribution in [0.5, 0.6) is 0 Å². The van der Waals surface area contributed by atoms with Crippen LogP contribution in [0.15, 0.2) is 52.8 Å². The van der Waals surface area contributed by atoms with Gasteiger partial charge >= 0.3 is 0 Å². The molecule has 3 aromatic rings. The summed E-state index contributed by atoms with van der Waals surface area (Å²) in [6.45, 7) is 9.28. The molecule has 2 heterocycles. The topological polar surface area (TPSA) is 56.5 Å². The molecule has 1 aromatic carbocycles. The maximum absolute atomic E-state index is 4.68. The molecule has 25 heavy (non-hydrogen) atoms. The predicted molar refractivity (Wildman–Crippen MR) is 99.8 cm³/mol. The van der Waals surface area contributed by atoms with Crippen molar-refractivity contribution in [2.75, 3.05) is 0 Å². The second kappa shape index (κ2) is 7.35. The number of benzene rings is 1. The average Bonchev–Trinajstić information content (AvgIpc) is 2.96. The van der Waals surface area contributed by atoms with Crippen molar-refractivity contribution in [2.45, 2.75) is 56.3 Å². The van der Waals surface area contributed by atoms with Gasteiger partial charge in [0.15, 0.2) is 5.16 Å². The van der Waals surface area contributed by atoms with Gasteiger partial charge in [-0.2, -0.15) is 0 Å². The minimum Gasteiger partial charge on any atom is -0.306 e. The third kappa shape index (κ3) is 4.25. The van der Waals surface area contributed by atoms with Gasteiger partial charge < -0.3 is 4.57 Å². The summed E-state index contributed by atoms with van der Waals surface area (Å²) in [5.41, 5.74) is 1.16. The van der Waals surface area contributed by atoms with Crippen molar-refractivity contribution in [3.63, 3.8) is 0 Å². The lowest BCUT2D eigenvalue weighted by Crippen LogP contribution is -2.15. The molecule has 0 spiro atoms. The Bertz CT molecular complexity index is 837. The number of hydrogen-bond acceptors (Lipinski definition) is 5. The molecular weight excluding hydrogens is 330 g/mol. The highest BCUT2D eigenvalue weighted by molar-refractivity contribution is 7.99. The Kier molecular flexibility index (Phi) is 5.18. The van der Waals surface area contributed by atoms with Crippen LogP contribution in [0.3, 0.4) is 0 Å². The molecule has 0 N–H and O–H groups in total. The van der Waals surface area contributed by atoms with Crippen LogP contribution in [0.1, 0.15) is 44.9 Å². The fourth-order valence-corrected chi connectivity index (χ4v) is 3.35. The minimum absolute atomic E-state index is 0.0759. The standard InChI is InChI=1S/C19H23N5S/c1-5-24-15(13-14-9-7-6-8-10-14)22-23-18(24)25-16-11-12-20-17(21-16)19(2,3)4/h6-12H,5,13H2,1-4H3. The fraction of sp³-hybridized carbons (Fsp3) is 0.368. The highest BCUT2D eigenvalue weighted by atomic mass is 32.2. The Labute approximate surface area is 152 Å². The number of aromatic nitrogens is 5. The van der Waals surface area contributed by atoms with E-state index in [1.807, 2.05) is 30.5 Å². The molecule has 5 nitrogen and oxygen atoms in total. The van der Waals surface area contributed by atoms with E-state index in [9.17, 15) is 0 Å².